The molecule has 124 valence electrons. The Labute approximate surface area is 144 Å². The molecule has 25 heavy (non-hydrogen) atoms. The number of nitrogens with one attached hydrogen (secondary N) is 1. The van der Waals surface area contributed by atoms with Gasteiger partial charge in [0.05, 0.1) is 22.7 Å². The largest absolute Gasteiger partial charge is 0.350 e. The second-order valence-corrected chi connectivity index (χ2v) is 5.68. The van der Waals surface area contributed by atoms with Gasteiger partial charge in [0.25, 0.3) is 5.56 Å². The second-order valence-electron chi connectivity index (χ2n) is 5.68. The number of nitriles is 1. The van der Waals surface area contributed by atoms with Crippen LogP contribution >= 0.6 is 0 Å². The van der Waals surface area contributed by atoms with Crippen LogP contribution in [0.1, 0.15) is 16.8 Å². The highest BCUT2D eigenvalue weighted by Gasteiger charge is 2.10. The summed E-state index contributed by atoms with van der Waals surface area (Å²) in [6, 6.07) is 16.3. The zero-order valence-corrected chi connectivity index (χ0v) is 13.7. The van der Waals surface area contributed by atoms with Crippen LogP contribution in [-0.2, 0) is 17.9 Å². The van der Waals surface area contributed by atoms with Gasteiger partial charge in [0.2, 0.25) is 5.91 Å². The fraction of sp³-hybridized carbons (Fsp3) is 0.158. The molecule has 6 heteroatoms. The average molecular weight is 332 g/mol. The van der Waals surface area contributed by atoms with E-state index >= 15 is 0 Å². The summed E-state index contributed by atoms with van der Waals surface area (Å²) in [4.78, 5) is 24.6. The van der Waals surface area contributed by atoms with Crippen molar-refractivity contribution in [3.63, 3.8) is 0 Å². The van der Waals surface area contributed by atoms with Gasteiger partial charge >= 0.3 is 0 Å². The molecule has 0 unspecified atom stereocenters. The molecule has 0 atom stereocenters. The van der Waals surface area contributed by atoms with Crippen molar-refractivity contribution in [1.82, 2.24) is 15.1 Å². The summed E-state index contributed by atoms with van der Waals surface area (Å²) in [6.07, 6.45) is 0. The van der Waals surface area contributed by atoms with Gasteiger partial charge in [0, 0.05) is 11.9 Å². The van der Waals surface area contributed by atoms with E-state index in [9.17, 15) is 9.59 Å². The molecule has 0 radical (unpaired) electrons. The molecule has 2 aromatic carbocycles. The van der Waals surface area contributed by atoms with Crippen molar-refractivity contribution in [2.45, 2.75) is 20.0 Å². The molecule has 0 spiro atoms. The van der Waals surface area contributed by atoms with E-state index in [0.717, 1.165) is 10.9 Å². The standard InChI is InChI=1S/C19H16N4O2/c1-13-16-7-2-3-8-17(16)19(25)23(22-13)12-18(24)21-11-15-6-4-5-14(9-15)10-20/h2-9H,11-12H2,1H3,(H,21,24). The Morgan fingerprint density at radius 3 is 2.72 bits per heavy atom. The van der Waals surface area contributed by atoms with E-state index in [-0.39, 0.29) is 24.6 Å². The first-order chi connectivity index (χ1) is 12.1. The number of nitrogens with zero attached hydrogens (tertiary/aromatic N) is 3. The summed E-state index contributed by atoms with van der Waals surface area (Å²) in [5.74, 6) is -0.313. The smallest absolute Gasteiger partial charge is 0.275 e. The maximum atomic E-state index is 12.5. The van der Waals surface area contributed by atoms with E-state index in [0.29, 0.717) is 16.6 Å². The van der Waals surface area contributed by atoms with E-state index in [4.69, 9.17) is 5.26 Å². The van der Waals surface area contributed by atoms with E-state index < -0.39 is 0 Å². The van der Waals surface area contributed by atoms with Crippen LogP contribution in [0.25, 0.3) is 10.8 Å². The van der Waals surface area contributed by atoms with Gasteiger partial charge in [0.15, 0.2) is 0 Å². The molecule has 3 aromatic rings. The van der Waals surface area contributed by atoms with Crippen LogP contribution in [0.3, 0.4) is 0 Å². The summed E-state index contributed by atoms with van der Waals surface area (Å²) in [5.41, 5.74) is 1.77. The first-order valence-electron chi connectivity index (χ1n) is 7.80. The predicted molar refractivity (Wildman–Crippen MR) is 93.7 cm³/mol. The monoisotopic (exact) mass is 332 g/mol. The van der Waals surface area contributed by atoms with E-state index in [1.807, 2.05) is 25.1 Å². The first kappa shape index (κ1) is 16.4. The summed E-state index contributed by atoms with van der Waals surface area (Å²) in [5, 5.41) is 17.2. The molecular formula is C19H16N4O2. The highest BCUT2D eigenvalue weighted by atomic mass is 16.2. The average Bonchev–Trinajstić information content (AvgIpc) is 2.64. The number of hydrogen-bond acceptors (Lipinski definition) is 4. The van der Waals surface area contributed by atoms with Crippen molar-refractivity contribution in [3.8, 4) is 6.07 Å². The highest BCUT2D eigenvalue weighted by Crippen LogP contribution is 2.11. The summed E-state index contributed by atoms with van der Waals surface area (Å²) in [6.45, 7) is 1.95. The Morgan fingerprint density at radius 2 is 1.96 bits per heavy atom. The molecule has 1 heterocycles. The Hall–Kier alpha value is -3.46. The lowest BCUT2D eigenvalue weighted by Gasteiger charge is -2.09. The molecule has 0 bridgehead atoms. The predicted octanol–water partition coefficient (Wildman–Crippen LogP) is 1.89. The van der Waals surface area contributed by atoms with Gasteiger partial charge in [-0.3, -0.25) is 9.59 Å². The van der Waals surface area contributed by atoms with Crippen LogP contribution in [0.4, 0.5) is 0 Å². The number of benzene rings is 2. The minimum absolute atomic E-state index is 0.150. The third-order valence-electron chi connectivity index (χ3n) is 3.89. The highest BCUT2D eigenvalue weighted by molar-refractivity contribution is 5.83. The Kier molecular flexibility index (Phi) is 4.57. The number of carbonyl (C=O) groups is 1. The normalized spacial score (nSPS) is 10.4. The fourth-order valence-corrected chi connectivity index (χ4v) is 2.66. The minimum Gasteiger partial charge on any atom is -0.350 e. The zero-order chi connectivity index (χ0) is 17.8. The third kappa shape index (κ3) is 3.56. The van der Waals surface area contributed by atoms with Crippen LogP contribution in [0.2, 0.25) is 0 Å². The lowest BCUT2D eigenvalue weighted by atomic mass is 10.1. The maximum Gasteiger partial charge on any atom is 0.275 e. The molecule has 0 aliphatic heterocycles. The number of fused-ring (bicyclic) bond motifs is 1. The fourth-order valence-electron chi connectivity index (χ4n) is 2.66. The number of hydrogen-bond donors (Lipinski definition) is 1. The van der Waals surface area contributed by atoms with E-state index in [1.165, 1.54) is 4.68 Å². The molecule has 0 aliphatic carbocycles. The van der Waals surface area contributed by atoms with Gasteiger partial charge in [-0.2, -0.15) is 10.4 Å². The van der Waals surface area contributed by atoms with Crippen molar-refractivity contribution in [2.75, 3.05) is 0 Å². The second kappa shape index (κ2) is 6.97. The molecule has 0 saturated carbocycles. The number of aryl methyl sites for hydroxylation is 1. The van der Waals surface area contributed by atoms with E-state index in [1.54, 1.807) is 30.3 Å². The van der Waals surface area contributed by atoms with Crippen LogP contribution in [-0.4, -0.2) is 15.7 Å². The van der Waals surface area contributed by atoms with Gasteiger partial charge in [-0.05, 0) is 30.7 Å². The van der Waals surface area contributed by atoms with Crippen molar-refractivity contribution < 1.29 is 4.79 Å². The SMILES string of the molecule is Cc1nn(CC(=O)NCc2cccc(C#N)c2)c(=O)c2ccccc12. The molecule has 1 N–H and O–H groups in total. The maximum absolute atomic E-state index is 12.5. The first-order valence-corrected chi connectivity index (χ1v) is 7.80. The van der Waals surface area contributed by atoms with Crippen molar-refractivity contribution in [3.05, 3.63) is 75.7 Å². The lowest BCUT2D eigenvalue weighted by molar-refractivity contribution is -0.122. The summed E-state index contributed by atoms with van der Waals surface area (Å²) in [7, 11) is 0. The minimum atomic E-state index is -0.313. The lowest BCUT2D eigenvalue weighted by Crippen LogP contribution is -2.33. The summed E-state index contributed by atoms with van der Waals surface area (Å²) >= 11 is 0. The molecule has 6 nitrogen and oxygen atoms in total. The third-order valence-corrected chi connectivity index (χ3v) is 3.89. The van der Waals surface area contributed by atoms with E-state index in [2.05, 4.69) is 16.5 Å². The number of amides is 1. The van der Waals surface area contributed by atoms with Crippen molar-refractivity contribution in [1.29, 1.82) is 5.26 Å². The molecule has 0 aliphatic rings. The zero-order valence-electron chi connectivity index (χ0n) is 13.7. The van der Waals surface area contributed by atoms with Gasteiger partial charge in [-0.15, -0.1) is 0 Å². The number of rotatable bonds is 4. The van der Waals surface area contributed by atoms with Crippen LogP contribution in [0.5, 0.6) is 0 Å². The molecule has 3 rings (SSSR count). The number of carbonyl (C=O) groups excluding carboxylic acids is 1. The van der Waals surface area contributed by atoms with Gasteiger partial charge in [-0.25, -0.2) is 4.68 Å². The topological polar surface area (TPSA) is 87.8 Å². The quantitative estimate of drug-likeness (QED) is 0.790. The summed E-state index contributed by atoms with van der Waals surface area (Å²) < 4.78 is 1.18. The molecule has 1 aromatic heterocycles. The van der Waals surface area contributed by atoms with Gasteiger partial charge < -0.3 is 5.32 Å². The molecule has 1 amide bonds. The molecule has 0 fully saturated rings. The van der Waals surface area contributed by atoms with Crippen LogP contribution in [0, 0.1) is 18.3 Å². The van der Waals surface area contributed by atoms with Gasteiger partial charge in [0.1, 0.15) is 6.54 Å². The van der Waals surface area contributed by atoms with Crippen molar-refractivity contribution >= 4 is 16.7 Å². The Balaban J connectivity index is 1.75. The van der Waals surface area contributed by atoms with Gasteiger partial charge in [-0.1, -0.05) is 30.3 Å². The molecule has 0 saturated heterocycles. The van der Waals surface area contributed by atoms with Crippen LogP contribution < -0.4 is 10.9 Å². The molecular weight excluding hydrogens is 316 g/mol. The van der Waals surface area contributed by atoms with Crippen LogP contribution in [0.15, 0.2) is 53.3 Å². The Bertz CT molecular complexity index is 1050. The number of aromatic nitrogens is 2. The Morgan fingerprint density at radius 1 is 1.20 bits per heavy atom. The van der Waals surface area contributed by atoms with Crippen molar-refractivity contribution in [2.24, 2.45) is 0 Å².